The number of aliphatic hydroxyl groups excluding tert-OH is 1. The number of aryl methyl sites for hydroxylation is 2. The van der Waals surface area contributed by atoms with Crippen LogP contribution in [-0.4, -0.2) is 14.9 Å². The van der Waals surface area contributed by atoms with Gasteiger partial charge in [-0.3, -0.25) is 4.68 Å². The Labute approximate surface area is 123 Å². The lowest BCUT2D eigenvalue weighted by molar-refractivity contribution is 0.217. The highest BCUT2D eigenvalue weighted by Crippen LogP contribution is 2.35. The first-order chi connectivity index (χ1) is 9.32. The Bertz CT molecular complexity index is 637. The van der Waals surface area contributed by atoms with Gasteiger partial charge < -0.3 is 5.11 Å². The summed E-state index contributed by atoms with van der Waals surface area (Å²) in [6.07, 6.45) is -0.982. The molecule has 0 spiro atoms. The SMILES string of the molecule is Cc1ccc(F)cc1C(O)c1c(C(C)C)nn(C)c1Cl. The second-order valence-electron chi connectivity index (χ2n) is 5.27. The van der Waals surface area contributed by atoms with Crippen molar-refractivity contribution in [3.05, 3.63) is 51.6 Å². The van der Waals surface area contributed by atoms with Crippen molar-refractivity contribution in [2.75, 3.05) is 0 Å². The maximum Gasteiger partial charge on any atom is 0.133 e. The van der Waals surface area contributed by atoms with Crippen LogP contribution in [0.4, 0.5) is 4.39 Å². The molecule has 1 aromatic heterocycles. The summed E-state index contributed by atoms with van der Waals surface area (Å²) in [7, 11) is 1.73. The minimum atomic E-state index is -0.982. The summed E-state index contributed by atoms with van der Waals surface area (Å²) in [5.41, 5.74) is 2.61. The predicted octanol–water partition coefficient (Wildman–Crippen LogP) is 3.73. The molecule has 0 saturated heterocycles. The van der Waals surface area contributed by atoms with Gasteiger partial charge in [0.05, 0.1) is 5.69 Å². The molecule has 1 atom stereocenters. The van der Waals surface area contributed by atoms with Crippen LogP contribution in [0, 0.1) is 12.7 Å². The molecule has 1 aromatic carbocycles. The Morgan fingerprint density at radius 1 is 1.35 bits per heavy atom. The van der Waals surface area contributed by atoms with Crippen molar-refractivity contribution in [3.63, 3.8) is 0 Å². The topological polar surface area (TPSA) is 38.1 Å². The summed E-state index contributed by atoms with van der Waals surface area (Å²) in [6, 6.07) is 4.36. The van der Waals surface area contributed by atoms with Gasteiger partial charge in [0.25, 0.3) is 0 Å². The standard InChI is InChI=1S/C15H18ClFN2O/c1-8(2)13-12(15(16)19(4)18-13)14(20)11-7-10(17)6-5-9(11)3/h5-8,14,20H,1-4H3. The summed E-state index contributed by atoms with van der Waals surface area (Å²) in [6.45, 7) is 5.79. The fourth-order valence-corrected chi connectivity index (χ4v) is 2.52. The van der Waals surface area contributed by atoms with E-state index >= 15 is 0 Å². The number of hydrogen-bond acceptors (Lipinski definition) is 2. The van der Waals surface area contributed by atoms with E-state index < -0.39 is 6.10 Å². The van der Waals surface area contributed by atoms with Crippen LogP contribution in [0.2, 0.25) is 5.15 Å². The average Bonchev–Trinajstić information content (AvgIpc) is 2.68. The summed E-state index contributed by atoms with van der Waals surface area (Å²) < 4.78 is 15.0. The van der Waals surface area contributed by atoms with Crippen molar-refractivity contribution in [3.8, 4) is 0 Å². The van der Waals surface area contributed by atoms with Crippen LogP contribution in [0.1, 0.15) is 48.3 Å². The normalized spacial score (nSPS) is 13.0. The maximum atomic E-state index is 13.4. The highest BCUT2D eigenvalue weighted by molar-refractivity contribution is 6.30. The van der Waals surface area contributed by atoms with Crippen molar-refractivity contribution in [1.82, 2.24) is 9.78 Å². The second kappa shape index (κ2) is 5.54. The third-order valence-electron chi connectivity index (χ3n) is 3.40. The number of hydrogen-bond donors (Lipinski definition) is 1. The van der Waals surface area contributed by atoms with Gasteiger partial charge in [-0.05, 0) is 36.1 Å². The molecular weight excluding hydrogens is 279 g/mol. The van der Waals surface area contributed by atoms with Crippen molar-refractivity contribution >= 4 is 11.6 Å². The smallest absolute Gasteiger partial charge is 0.133 e. The van der Waals surface area contributed by atoms with E-state index in [1.54, 1.807) is 13.1 Å². The molecule has 5 heteroatoms. The van der Waals surface area contributed by atoms with Gasteiger partial charge >= 0.3 is 0 Å². The number of nitrogens with zero attached hydrogens (tertiary/aromatic N) is 2. The van der Waals surface area contributed by atoms with E-state index in [0.717, 1.165) is 11.3 Å². The zero-order valence-corrected chi connectivity index (χ0v) is 12.7. The van der Waals surface area contributed by atoms with Crippen LogP contribution in [0.25, 0.3) is 0 Å². The monoisotopic (exact) mass is 296 g/mol. The van der Waals surface area contributed by atoms with E-state index in [0.29, 0.717) is 16.3 Å². The first kappa shape index (κ1) is 15.0. The van der Waals surface area contributed by atoms with Gasteiger partial charge in [-0.15, -0.1) is 0 Å². The molecule has 0 aliphatic heterocycles. The highest BCUT2D eigenvalue weighted by atomic mass is 35.5. The average molecular weight is 297 g/mol. The molecule has 20 heavy (non-hydrogen) atoms. The van der Waals surface area contributed by atoms with Crippen molar-refractivity contribution in [2.24, 2.45) is 7.05 Å². The van der Waals surface area contributed by atoms with Gasteiger partial charge in [0.2, 0.25) is 0 Å². The van der Waals surface area contributed by atoms with Crippen LogP contribution in [-0.2, 0) is 7.05 Å². The third kappa shape index (κ3) is 2.58. The molecule has 1 unspecified atom stereocenters. The molecule has 0 fully saturated rings. The minimum Gasteiger partial charge on any atom is -0.383 e. The van der Waals surface area contributed by atoms with E-state index in [4.69, 9.17) is 11.6 Å². The molecule has 2 rings (SSSR count). The first-order valence-electron chi connectivity index (χ1n) is 6.49. The lowest BCUT2D eigenvalue weighted by Crippen LogP contribution is -2.06. The third-order valence-corrected chi connectivity index (χ3v) is 3.84. The van der Waals surface area contributed by atoms with E-state index in [1.165, 1.54) is 16.8 Å². The lowest BCUT2D eigenvalue weighted by atomic mass is 9.94. The van der Waals surface area contributed by atoms with Crippen LogP contribution in [0.3, 0.4) is 0 Å². The lowest BCUT2D eigenvalue weighted by Gasteiger charge is -2.16. The number of benzene rings is 1. The zero-order valence-electron chi connectivity index (χ0n) is 12.0. The molecule has 0 amide bonds. The molecule has 0 bridgehead atoms. The molecular formula is C15H18ClFN2O. The Balaban J connectivity index is 2.58. The fraction of sp³-hybridized carbons (Fsp3) is 0.400. The van der Waals surface area contributed by atoms with Gasteiger partial charge in [0.15, 0.2) is 0 Å². The van der Waals surface area contributed by atoms with Crippen molar-refractivity contribution < 1.29 is 9.50 Å². The van der Waals surface area contributed by atoms with E-state index in [9.17, 15) is 9.50 Å². The first-order valence-corrected chi connectivity index (χ1v) is 6.87. The van der Waals surface area contributed by atoms with Crippen LogP contribution >= 0.6 is 11.6 Å². The summed E-state index contributed by atoms with van der Waals surface area (Å²) in [4.78, 5) is 0. The minimum absolute atomic E-state index is 0.118. The van der Waals surface area contributed by atoms with Crippen molar-refractivity contribution in [1.29, 1.82) is 0 Å². The van der Waals surface area contributed by atoms with E-state index in [-0.39, 0.29) is 11.7 Å². The van der Waals surface area contributed by atoms with Gasteiger partial charge in [0, 0.05) is 12.6 Å². The molecule has 0 aliphatic rings. The van der Waals surface area contributed by atoms with Gasteiger partial charge in [0.1, 0.15) is 17.1 Å². The quantitative estimate of drug-likeness (QED) is 0.937. The maximum absolute atomic E-state index is 13.4. The number of rotatable bonds is 3. The van der Waals surface area contributed by atoms with E-state index in [1.807, 2.05) is 20.8 Å². The van der Waals surface area contributed by atoms with Gasteiger partial charge in [-0.2, -0.15) is 5.10 Å². The number of halogens is 2. The number of aliphatic hydroxyl groups is 1. The molecule has 1 heterocycles. The molecule has 1 N–H and O–H groups in total. The molecule has 3 nitrogen and oxygen atoms in total. The summed E-state index contributed by atoms with van der Waals surface area (Å²) in [5.74, 6) is -0.261. The molecule has 0 radical (unpaired) electrons. The largest absolute Gasteiger partial charge is 0.383 e. The van der Waals surface area contributed by atoms with Gasteiger partial charge in [-0.1, -0.05) is 31.5 Å². The van der Waals surface area contributed by atoms with Crippen molar-refractivity contribution in [2.45, 2.75) is 32.8 Å². The Hall–Kier alpha value is -1.39. The van der Waals surface area contributed by atoms with Gasteiger partial charge in [-0.25, -0.2) is 4.39 Å². The molecule has 108 valence electrons. The molecule has 0 saturated carbocycles. The van der Waals surface area contributed by atoms with E-state index in [2.05, 4.69) is 5.10 Å². The summed E-state index contributed by atoms with van der Waals surface area (Å²) in [5, 5.41) is 15.3. The van der Waals surface area contributed by atoms with Crippen LogP contribution < -0.4 is 0 Å². The van der Waals surface area contributed by atoms with Crippen LogP contribution in [0.5, 0.6) is 0 Å². The Morgan fingerprint density at radius 3 is 2.60 bits per heavy atom. The number of aromatic nitrogens is 2. The fourth-order valence-electron chi connectivity index (χ4n) is 2.28. The second-order valence-corrected chi connectivity index (χ2v) is 5.63. The Morgan fingerprint density at radius 2 is 2.00 bits per heavy atom. The molecule has 0 aliphatic carbocycles. The Kier molecular flexibility index (Phi) is 4.16. The zero-order chi connectivity index (χ0) is 15.0. The van der Waals surface area contributed by atoms with Crippen LogP contribution in [0.15, 0.2) is 18.2 Å². The predicted molar refractivity (Wildman–Crippen MR) is 77.5 cm³/mol. The highest BCUT2D eigenvalue weighted by Gasteiger charge is 2.25. The molecule has 2 aromatic rings. The summed E-state index contributed by atoms with van der Waals surface area (Å²) >= 11 is 6.24.